The maximum absolute atomic E-state index is 12.1. The summed E-state index contributed by atoms with van der Waals surface area (Å²) in [7, 11) is 0. The predicted octanol–water partition coefficient (Wildman–Crippen LogP) is 3.18. The van der Waals surface area contributed by atoms with Crippen molar-refractivity contribution in [3.63, 3.8) is 0 Å². The standard InChI is InChI=1S/C15H29NO3/c1-11(2)13(17)9-8-12-7-6-10-16(12)14(18)19-15(3,4)5/h11-13,17H,6-10H2,1-5H3/t12-,13-/m1/s1. The first-order valence-electron chi connectivity index (χ1n) is 7.38. The van der Waals surface area contributed by atoms with Gasteiger partial charge in [0.15, 0.2) is 0 Å². The molecular weight excluding hydrogens is 242 g/mol. The largest absolute Gasteiger partial charge is 0.444 e. The Labute approximate surface area is 117 Å². The van der Waals surface area contributed by atoms with Crippen LogP contribution in [0.2, 0.25) is 0 Å². The van der Waals surface area contributed by atoms with Gasteiger partial charge in [0, 0.05) is 12.6 Å². The smallest absolute Gasteiger partial charge is 0.410 e. The lowest BCUT2D eigenvalue weighted by molar-refractivity contribution is 0.0200. The third-order valence-corrected chi connectivity index (χ3v) is 3.57. The Morgan fingerprint density at radius 1 is 1.42 bits per heavy atom. The fourth-order valence-electron chi connectivity index (χ4n) is 2.39. The molecule has 1 saturated heterocycles. The molecule has 1 amide bonds. The first kappa shape index (κ1) is 16.3. The number of ether oxygens (including phenoxy) is 1. The summed E-state index contributed by atoms with van der Waals surface area (Å²) < 4.78 is 5.43. The van der Waals surface area contributed by atoms with Crippen molar-refractivity contribution >= 4 is 6.09 Å². The highest BCUT2D eigenvalue weighted by atomic mass is 16.6. The SMILES string of the molecule is CC(C)[C@H](O)CC[C@H]1CCCN1C(=O)OC(C)(C)C. The maximum atomic E-state index is 12.1. The van der Waals surface area contributed by atoms with E-state index in [0.29, 0.717) is 0 Å². The first-order valence-corrected chi connectivity index (χ1v) is 7.38. The normalized spacial score (nSPS) is 21.8. The van der Waals surface area contributed by atoms with Crippen LogP contribution in [-0.2, 0) is 4.74 Å². The fraction of sp³-hybridized carbons (Fsp3) is 0.933. The van der Waals surface area contributed by atoms with Crippen molar-refractivity contribution in [2.24, 2.45) is 5.92 Å². The minimum atomic E-state index is -0.443. The molecule has 1 rings (SSSR count). The molecule has 0 radical (unpaired) electrons. The second-order valence-electron chi connectivity index (χ2n) is 6.86. The van der Waals surface area contributed by atoms with E-state index in [9.17, 15) is 9.90 Å². The number of carbonyl (C=O) groups is 1. The topological polar surface area (TPSA) is 49.8 Å². The Kier molecular flexibility index (Phi) is 5.65. The van der Waals surface area contributed by atoms with Gasteiger partial charge in [-0.1, -0.05) is 13.8 Å². The van der Waals surface area contributed by atoms with Gasteiger partial charge in [-0.05, 0) is 52.4 Å². The van der Waals surface area contributed by atoms with E-state index in [1.54, 1.807) is 0 Å². The van der Waals surface area contributed by atoms with Gasteiger partial charge in [0.25, 0.3) is 0 Å². The van der Waals surface area contributed by atoms with Gasteiger partial charge in [-0.15, -0.1) is 0 Å². The van der Waals surface area contributed by atoms with Crippen LogP contribution >= 0.6 is 0 Å². The number of aliphatic hydroxyl groups is 1. The number of carbonyl (C=O) groups excluding carboxylic acids is 1. The summed E-state index contributed by atoms with van der Waals surface area (Å²) in [6.45, 7) is 10.5. The van der Waals surface area contributed by atoms with Crippen molar-refractivity contribution < 1.29 is 14.6 Å². The Bertz CT molecular complexity index is 296. The van der Waals surface area contributed by atoms with E-state index in [4.69, 9.17) is 4.74 Å². The van der Waals surface area contributed by atoms with E-state index in [1.807, 2.05) is 39.5 Å². The lowest BCUT2D eigenvalue weighted by Crippen LogP contribution is -2.40. The molecule has 0 bridgehead atoms. The Morgan fingerprint density at radius 2 is 2.05 bits per heavy atom. The molecule has 1 fully saturated rings. The summed E-state index contributed by atoms with van der Waals surface area (Å²) in [6, 6.07) is 0.225. The van der Waals surface area contributed by atoms with Crippen LogP contribution in [0.15, 0.2) is 0 Å². The predicted molar refractivity (Wildman–Crippen MR) is 76.0 cm³/mol. The molecule has 4 heteroatoms. The van der Waals surface area contributed by atoms with Gasteiger partial charge < -0.3 is 14.7 Å². The molecular formula is C15H29NO3. The lowest BCUT2D eigenvalue weighted by atomic mass is 9.99. The van der Waals surface area contributed by atoms with Crippen LogP contribution in [0.5, 0.6) is 0 Å². The summed E-state index contributed by atoms with van der Waals surface area (Å²) >= 11 is 0. The van der Waals surface area contributed by atoms with Gasteiger partial charge >= 0.3 is 6.09 Å². The van der Waals surface area contributed by atoms with Crippen molar-refractivity contribution in [2.75, 3.05) is 6.54 Å². The quantitative estimate of drug-likeness (QED) is 0.854. The molecule has 0 aromatic carbocycles. The lowest BCUT2D eigenvalue weighted by Gasteiger charge is -2.29. The molecule has 19 heavy (non-hydrogen) atoms. The summed E-state index contributed by atoms with van der Waals surface area (Å²) in [6.07, 6.45) is 3.17. The van der Waals surface area contributed by atoms with Gasteiger partial charge in [-0.2, -0.15) is 0 Å². The summed E-state index contributed by atoms with van der Waals surface area (Å²) in [4.78, 5) is 13.9. The van der Waals surface area contributed by atoms with Gasteiger partial charge in [0.1, 0.15) is 5.60 Å². The average molecular weight is 271 g/mol. The van der Waals surface area contributed by atoms with E-state index in [1.165, 1.54) is 0 Å². The van der Waals surface area contributed by atoms with E-state index in [0.717, 1.165) is 32.2 Å². The highest BCUT2D eigenvalue weighted by Crippen LogP contribution is 2.25. The van der Waals surface area contributed by atoms with Crippen molar-refractivity contribution in [3.05, 3.63) is 0 Å². The van der Waals surface area contributed by atoms with Crippen molar-refractivity contribution in [3.8, 4) is 0 Å². The number of likely N-dealkylation sites (tertiary alicyclic amines) is 1. The molecule has 1 aliphatic heterocycles. The molecule has 0 unspecified atom stereocenters. The Morgan fingerprint density at radius 3 is 2.58 bits per heavy atom. The monoisotopic (exact) mass is 271 g/mol. The number of rotatable bonds is 4. The molecule has 0 saturated carbocycles. The third-order valence-electron chi connectivity index (χ3n) is 3.57. The molecule has 0 spiro atoms. The second-order valence-corrected chi connectivity index (χ2v) is 6.86. The summed E-state index contributed by atoms with van der Waals surface area (Å²) in [5.41, 5.74) is -0.443. The molecule has 112 valence electrons. The van der Waals surface area contributed by atoms with Crippen LogP contribution in [0.4, 0.5) is 4.79 Å². The minimum Gasteiger partial charge on any atom is -0.444 e. The average Bonchev–Trinajstić information content (AvgIpc) is 2.71. The molecule has 0 aromatic rings. The highest BCUT2D eigenvalue weighted by Gasteiger charge is 2.32. The second kappa shape index (κ2) is 6.60. The molecule has 2 atom stereocenters. The van der Waals surface area contributed by atoms with Crippen molar-refractivity contribution in [2.45, 2.75) is 78.0 Å². The van der Waals surface area contributed by atoms with Gasteiger partial charge in [0.2, 0.25) is 0 Å². The summed E-state index contributed by atoms with van der Waals surface area (Å²) in [5, 5.41) is 9.86. The number of nitrogens with zero attached hydrogens (tertiary/aromatic N) is 1. The molecule has 1 N–H and O–H groups in total. The van der Waals surface area contributed by atoms with Crippen LogP contribution in [0.3, 0.4) is 0 Å². The molecule has 0 aliphatic carbocycles. The maximum Gasteiger partial charge on any atom is 0.410 e. The third kappa shape index (κ3) is 5.39. The molecule has 0 aromatic heterocycles. The van der Waals surface area contributed by atoms with Crippen molar-refractivity contribution in [1.29, 1.82) is 0 Å². The fourth-order valence-corrected chi connectivity index (χ4v) is 2.39. The number of aliphatic hydroxyl groups excluding tert-OH is 1. The number of amides is 1. The van der Waals surface area contributed by atoms with Crippen LogP contribution in [0.25, 0.3) is 0 Å². The van der Waals surface area contributed by atoms with Gasteiger partial charge in [-0.25, -0.2) is 4.79 Å². The molecule has 1 heterocycles. The van der Waals surface area contributed by atoms with Crippen LogP contribution in [-0.4, -0.2) is 40.4 Å². The summed E-state index contributed by atoms with van der Waals surface area (Å²) in [5.74, 6) is 0.274. The Hall–Kier alpha value is -0.770. The highest BCUT2D eigenvalue weighted by molar-refractivity contribution is 5.68. The van der Waals surface area contributed by atoms with Gasteiger partial charge in [-0.3, -0.25) is 0 Å². The van der Waals surface area contributed by atoms with E-state index in [-0.39, 0.29) is 24.2 Å². The van der Waals surface area contributed by atoms with Crippen LogP contribution in [0, 0.1) is 5.92 Å². The zero-order chi connectivity index (χ0) is 14.6. The minimum absolute atomic E-state index is 0.214. The van der Waals surface area contributed by atoms with E-state index < -0.39 is 5.60 Å². The number of hydrogen-bond donors (Lipinski definition) is 1. The first-order chi connectivity index (χ1) is 8.70. The zero-order valence-electron chi connectivity index (χ0n) is 13.0. The van der Waals surface area contributed by atoms with E-state index >= 15 is 0 Å². The Balaban J connectivity index is 2.47. The van der Waals surface area contributed by atoms with Crippen LogP contribution in [0.1, 0.15) is 60.3 Å². The zero-order valence-corrected chi connectivity index (χ0v) is 13.0. The molecule has 1 aliphatic rings. The molecule has 4 nitrogen and oxygen atoms in total. The van der Waals surface area contributed by atoms with E-state index in [2.05, 4.69) is 0 Å². The van der Waals surface area contributed by atoms with Gasteiger partial charge in [0.05, 0.1) is 6.10 Å². The number of hydrogen-bond acceptors (Lipinski definition) is 3. The van der Waals surface area contributed by atoms with Crippen LogP contribution < -0.4 is 0 Å². The van der Waals surface area contributed by atoms with Crippen molar-refractivity contribution in [1.82, 2.24) is 4.90 Å².